The highest BCUT2D eigenvalue weighted by molar-refractivity contribution is 5.93. The third-order valence-corrected chi connectivity index (χ3v) is 3.48. The summed E-state index contributed by atoms with van der Waals surface area (Å²) in [6, 6.07) is 10.8. The van der Waals surface area contributed by atoms with Crippen molar-refractivity contribution >= 4 is 5.91 Å². The van der Waals surface area contributed by atoms with Crippen LogP contribution >= 0.6 is 0 Å². The fourth-order valence-electron chi connectivity index (χ4n) is 2.24. The molecule has 0 atom stereocenters. The van der Waals surface area contributed by atoms with E-state index in [4.69, 9.17) is 9.84 Å². The third-order valence-electron chi connectivity index (χ3n) is 3.48. The molecule has 7 nitrogen and oxygen atoms in total. The molecule has 3 N–H and O–H groups in total. The molecular formula is C18H23N3O4. The lowest BCUT2D eigenvalue weighted by Gasteiger charge is -2.12. The van der Waals surface area contributed by atoms with Crippen LogP contribution in [0.1, 0.15) is 22.3 Å². The zero-order valence-corrected chi connectivity index (χ0v) is 14.0. The number of benzene rings is 1. The van der Waals surface area contributed by atoms with Crippen LogP contribution < -0.4 is 20.1 Å². The molecule has 0 aliphatic heterocycles. The number of carbonyl (C=O) groups is 1. The van der Waals surface area contributed by atoms with Gasteiger partial charge >= 0.3 is 0 Å². The van der Waals surface area contributed by atoms with Gasteiger partial charge in [0.15, 0.2) is 12.4 Å². The number of nitrogens with one attached hydrogen (secondary N) is 2. The number of hydrogen-bond donors (Lipinski definition) is 3. The Balaban J connectivity index is 1.72. The van der Waals surface area contributed by atoms with Gasteiger partial charge in [-0.25, -0.2) is 0 Å². The van der Waals surface area contributed by atoms with Crippen molar-refractivity contribution in [2.75, 3.05) is 26.3 Å². The topological polar surface area (TPSA) is 97.5 Å². The van der Waals surface area contributed by atoms with Crippen LogP contribution in [0.15, 0.2) is 48.8 Å². The SMILES string of the molecule is O=C(NCCCOc1ccccc1CNCCO)c1ccc[n+]([O-])c1. The largest absolute Gasteiger partial charge is 0.619 e. The molecule has 0 spiro atoms. The summed E-state index contributed by atoms with van der Waals surface area (Å²) in [5.41, 5.74) is 1.35. The second-order valence-electron chi connectivity index (χ2n) is 5.42. The van der Waals surface area contributed by atoms with Gasteiger partial charge in [-0.05, 0) is 18.6 Å². The van der Waals surface area contributed by atoms with E-state index in [2.05, 4.69) is 10.6 Å². The summed E-state index contributed by atoms with van der Waals surface area (Å²) in [6.45, 7) is 2.17. The van der Waals surface area contributed by atoms with Crippen molar-refractivity contribution in [1.82, 2.24) is 10.6 Å². The Bertz CT molecular complexity index is 679. The normalized spacial score (nSPS) is 10.4. The molecule has 0 saturated heterocycles. The average Bonchev–Trinajstić information content (AvgIpc) is 2.62. The third kappa shape index (κ3) is 6.40. The number of nitrogens with zero attached hydrogens (tertiary/aromatic N) is 1. The van der Waals surface area contributed by atoms with E-state index in [1.165, 1.54) is 18.5 Å². The number of pyridine rings is 1. The predicted octanol–water partition coefficient (Wildman–Crippen LogP) is 0.601. The molecule has 0 aliphatic carbocycles. The van der Waals surface area contributed by atoms with Crippen LogP contribution in [0.25, 0.3) is 0 Å². The Morgan fingerprint density at radius 2 is 2.04 bits per heavy atom. The quantitative estimate of drug-likeness (QED) is 0.333. The van der Waals surface area contributed by atoms with Gasteiger partial charge in [0, 0.05) is 31.3 Å². The van der Waals surface area contributed by atoms with Crippen LogP contribution in [0.4, 0.5) is 0 Å². The van der Waals surface area contributed by atoms with Gasteiger partial charge in [-0.15, -0.1) is 0 Å². The second kappa shape index (κ2) is 10.3. The van der Waals surface area contributed by atoms with E-state index in [0.29, 0.717) is 43.0 Å². The fourth-order valence-corrected chi connectivity index (χ4v) is 2.24. The van der Waals surface area contributed by atoms with E-state index in [9.17, 15) is 10.0 Å². The zero-order chi connectivity index (χ0) is 17.9. The first-order chi connectivity index (χ1) is 12.2. The summed E-state index contributed by atoms with van der Waals surface area (Å²) >= 11 is 0. The van der Waals surface area contributed by atoms with Gasteiger partial charge < -0.3 is 25.7 Å². The van der Waals surface area contributed by atoms with E-state index in [-0.39, 0.29) is 12.5 Å². The lowest BCUT2D eigenvalue weighted by Crippen LogP contribution is -2.30. The summed E-state index contributed by atoms with van der Waals surface area (Å²) in [7, 11) is 0. The summed E-state index contributed by atoms with van der Waals surface area (Å²) in [5.74, 6) is 0.508. The molecule has 0 bridgehead atoms. The number of amides is 1. The minimum Gasteiger partial charge on any atom is -0.619 e. The minimum atomic E-state index is -0.279. The average molecular weight is 345 g/mol. The van der Waals surface area contributed by atoms with Crippen molar-refractivity contribution in [1.29, 1.82) is 0 Å². The fraction of sp³-hybridized carbons (Fsp3) is 0.333. The van der Waals surface area contributed by atoms with Gasteiger partial charge in [0.05, 0.1) is 13.2 Å². The van der Waals surface area contributed by atoms with E-state index in [1.807, 2.05) is 24.3 Å². The van der Waals surface area contributed by atoms with Gasteiger partial charge in [0.2, 0.25) is 0 Å². The first-order valence-electron chi connectivity index (χ1n) is 8.20. The van der Waals surface area contributed by atoms with Crippen LogP contribution in [-0.2, 0) is 6.54 Å². The van der Waals surface area contributed by atoms with Crippen LogP contribution in [-0.4, -0.2) is 37.3 Å². The Morgan fingerprint density at radius 3 is 2.84 bits per heavy atom. The lowest BCUT2D eigenvalue weighted by atomic mass is 10.2. The smallest absolute Gasteiger partial charge is 0.257 e. The maximum Gasteiger partial charge on any atom is 0.257 e. The van der Waals surface area contributed by atoms with Crippen molar-refractivity contribution in [2.45, 2.75) is 13.0 Å². The van der Waals surface area contributed by atoms with Crippen LogP contribution in [0.5, 0.6) is 5.75 Å². The number of ether oxygens (including phenoxy) is 1. The number of para-hydroxylation sites is 1. The first-order valence-corrected chi connectivity index (χ1v) is 8.20. The van der Waals surface area contributed by atoms with E-state index < -0.39 is 0 Å². The van der Waals surface area contributed by atoms with Crippen LogP contribution in [0, 0.1) is 5.21 Å². The lowest BCUT2D eigenvalue weighted by molar-refractivity contribution is -0.605. The van der Waals surface area contributed by atoms with Crippen LogP contribution in [0.3, 0.4) is 0 Å². The highest BCUT2D eigenvalue weighted by atomic mass is 16.5. The van der Waals surface area contributed by atoms with Crippen molar-refractivity contribution in [3.8, 4) is 5.75 Å². The van der Waals surface area contributed by atoms with Crippen molar-refractivity contribution in [3.63, 3.8) is 0 Å². The Kier molecular flexibility index (Phi) is 7.68. The van der Waals surface area contributed by atoms with Crippen molar-refractivity contribution in [2.24, 2.45) is 0 Å². The Morgan fingerprint density at radius 1 is 1.20 bits per heavy atom. The number of rotatable bonds is 10. The highest BCUT2D eigenvalue weighted by Crippen LogP contribution is 2.17. The zero-order valence-electron chi connectivity index (χ0n) is 14.0. The molecule has 0 radical (unpaired) electrons. The monoisotopic (exact) mass is 345 g/mol. The van der Waals surface area contributed by atoms with E-state index >= 15 is 0 Å². The molecule has 134 valence electrons. The number of hydrogen-bond acceptors (Lipinski definition) is 5. The molecule has 0 saturated carbocycles. The van der Waals surface area contributed by atoms with Crippen molar-refractivity contribution in [3.05, 3.63) is 65.1 Å². The number of aromatic nitrogens is 1. The van der Waals surface area contributed by atoms with Crippen LogP contribution in [0.2, 0.25) is 0 Å². The molecule has 0 aliphatic rings. The molecule has 1 heterocycles. The van der Waals surface area contributed by atoms with Gasteiger partial charge in [-0.2, -0.15) is 4.73 Å². The molecule has 0 unspecified atom stereocenters. The molecule has 7 heteroatoms. The van der Waals surface area contributed by atoms with Gasteiger partial charge in [-0.1, -0.05) is 18.2 Å². The minimum absolute atomic E-state index is 0.0937. The number of carbonyl (C=O) groups excluding carboxylic acids is 1. The molecule has 25 heavy (non-hydrogen) atoms. The van der Waals surface area contributed by atoms with E-state index in [0.717, 1.165) is 11.3 Å². The standard InChI is InChI=1S/C18H23N3O4/c22-11-9-19-13-15-5-1-2-7-17(15)25-12-4-8-20-18(23)16-6-3-10-21(24)14-16/h1-3,5-7,10,14,19,22H,4,8-9,11-13H2,(H,20,23). The second-order valence-corrected chi connectivity index (χ2v) is 5.42. The summed E-state index contributed by atoms with van der Waals surface area (Å²) in [4.78, 5) is 11.9. The first kappa shape index (κ1) is 18.7. The highest BCUT2D eigenvalue weighted by Gasteiger charge is 2.08. The molecule has 2 aromatic rings. The van der Waals surface area contributed by atoms with Gasteiger partial charge in [0.1, 0.15) is 11.3 Å². The maximum atomic E-state index is 11.9. The molecule has 2 rings (SSSR count). The maximum absolute atomic E-state index is 11.9. The van der Waals surface area contributed by atoms with Gasteiger partial charge in [-0.3, -0.25) is 4.79 Å². The number of aliphatic hydroxyl groups is 1. The molecule has 1 aromatic heterocycles. The molecule has 0 fully saturated rings. The van der Waals surface area contributed by atoms with E-state index in [1.54, 1.807) is 6.07 Å². The Labute approximate surface area is 146 Å². The predicted molar refractivity (Wildman–Crippen MR) is 93.1 cm³/mol. The number of aliphatic hydroxyl groups excluding tert-OH is 1. The summed E-state index contributed by atoms with van der Waals surface area (Å²) in [6.07, 6.45) is 3.22. The Hall–Kier alpha value is -2.64. The molecule has 1 amide bonds. The van der Waals surface area contributed by atoms with Gasteiger partial charge in [0.25, 0.3) is 5.91 Å². The molecule has 1 aromatic carbocycles. The van der Waals surface area contributed by atoms with Crippen molar-refractivity contribution < 1.29 is 19.4 Å². The summed E-state index contributed by atoms with van der Waals surface area (Å²) < 4.78 is 6.36. The summed E-state index contributed by atoms with van der Waals surface area (Å²) in [5, 5.41) is 25.8. The molecular weight excluding hydrogens is 322 g/mol.